The van der Waals surface area contributed by atoms with Gasteiger partial charge in [-0.2, -0.15) is 4.72 Å². The molecule has 1 atom stereocenters. The Kier molecular flexibility index (Phi) is 3.47. The lowest BCUT2D eigenvalue weighted by molar-refractivity contribution is 0.107. The van der Waals surface area contributed by atoms with E-state index in [0.29, 0.717) is 12.2 Å². The molecule has 2 aliphatic carbocycles. The van der Waals surface area contributed by atoms with Gasteiger partial charge in [0.25, 0.3) is 0 Å². The second-order valence-electron chi connectivity index (χ2n) is 5.35. The van der Waals surface area contributed by atoms with Gasteiger partial charge in [-0.05, 0) is 35.8 Å². The molecule has 3 rings (SSSR count). The number of hydrogen-bond acceptors (Lipinski definition) is 3. The highest BCUT2D eigenvalue weighted by Crippen LogP contribution is 2.35. The molecule has 5 heteroatoms. The lowest BCUT2D eigenvalue weighted by Crippen LogP contribution is -2.52. The minimum atomic E-state index is -3.40. The van der Waals surface area contributed by atoms with Gasteiger partial charge < -0.3 is 4.74 Å². The number of allylic oxidation sites excluding steroid dienone is 4. The molecule has 21 heavy (non-hydrogen) atoms. The first kappa shape index (κ1) is 14.1. The Morgan fingerprint density at radius 2 is 1.90 bits per heavy atom. The fourth-order valence-electron chi connectivity index (χ4n) is 2.66. The van der Waals surface area contributed by atoms with E-state index < -0.39 is 15.7 Å². The summed E-state index contributed by atoms with van der Waals surface area (Å²) in [5.41, 5.74) is 1.27. The van der Waals surface area contributed by atoms with Crippen LogP contribution in [0.15, 0.2) is 65.8 Å². The van der Waals surface area contributed by atoms with Crippen LogP contribution in [0.2, 0.25) is 0 Å². The second-order valence-corrected chi connectivity index (χ2v) is 7.09. The zero-order valence-electron chi connectivity index (χ0n) is 11.7. The third kappa shape index (κ3) is 3.25. The van der Waals surface area contributed by atoms with E-state index in [9.17, 15) is 8.42 Å². The van der Waals surface area contributed by atoms with Crippen molar-refractivity contribution in [3.63, 3.8) is 0 Å². The van der Waals surface area contributed by atoms with Crippen LogP contribution in [0.25, 0.3) is 0 Å². The van der Waals surface area contributed by atoms with Crippen molar-refractivity contribution in [3.05, 3.63) is 65.8 Å². The van der Waals surface area contributed by atoms with Crippen molar-refractivity contribution in [2.75, 3.05) is 6.26 Å². The lowest BCUT2D eigenvalue weighted by atomic mass is 9.94. The standard InChI is InChI=1S/C16H17NO3S/c1-21(18,19)17-16(20-15-8-3-2-4-9-15)11-10-13-6-5-7-14(13)12-16/h2-5,7-11,17H,6,12H2,1H3. The van der Waals surface area contributed by atoms with E-state index in [0.717, 1.165) is 18.2 Å². The quantitative estimate of drug-likeness (QED) is 0.870. The molecule has 0 heterocycles. The summed E-state index contributed by atoms with van der Waals surface area (Å²) in [6.45, 7) is 0. The van der Waals surface area contributed by atoms with Crippen molar-refractivity contribution in [2.24, 2.45) is 0 Å². The van der Waals surface area contributed by atoms with Gasteiger partial charge >= 0.3 is 0 Å². The summed E-state index contributed by atoms with van der Waals surface area (Å²) in [5.74, 6) is 0.629. The lowest BCUT2D eigenvalue weighted by Gasteiger charge is -2.34. The Hall–Kier alpha value is -1.85. The van der Waals surface area contributed by atoms with Crippen LogP contribution in [0.5, 0.6) is 5.75 Å². The molecule has 0 aromatic heterocycles. The molecule has 0 amide bonds. The molecule has 0 saturated heterocycles. The Morgan fingerprint density at radius 3 is 2.62 bits per heavy atom. The number of para-hydroxylation sites is 1. The maximum absolute atomic E-state index is 11.7. The smallest absolute Gasteiger partial charge is 0.212 e. The Morgan fingerprint density at radius 1 is 1.14 bits per heavy atom. The van der Waals surface area contributed by atoms with Gasteiger partial charge in [-0.15, -0.1) is 0 Å². The molecule has 1 aromatic rings. The average molecular weight is 303 g/mol. The molecular formula is C16H17NO3S. The van der Waals surface area contributed by atoms with Crippen molar-refractivity contribution in [3.8, 4) is 5.75 Å². The molecule has 1 unspecified atom stereocenters. The minimum absolute atomic E-state index is 0.483. The van der Waals surface area contributed by atoms with Crippen LogP contribution < -0.4 is 9.46 Å². The number of nitrogens with one attached hydrogen (secondary N) is 1. The van der Waals surface area contributed by atoms with E-state index in [-0.39, 0.29) is 0 Å². The van der Waals surface area contributed by atoms with Gasteiger partial charge in [0.05, 0.1) is 6.26 Å². The summed E-state index contributed by atoms with van der Waals surface area (Å²) >= 11 is 0. The molecule has 0 spiro atoms. The number of ether oxygens (including phenoxy) is 1. The summed E-state index contributed by atoms with van der Waals surface area (Å²) < 4.78 is 32.1. The highest BCUT2D eigenvalue weighted by molar-refractivity contribution is 7.88. The Labute approximate surface area is 124 Å². The third-order valence-electron chi connectivity index (χ3n) is 3.48. The first-order valence-electron chi connectivity index (χ1n) is 6.77. The molecule has 0 saturated carbocycles. The zero-order valence-corrected chi connectivity index (χ0v) is 12.6. The normalized spacial score (nSPS) is 24.2. The van der Waals surface area contributed by atoms with Crippen LogP contribution in [-0.2, 0) is 10.0 Å². The van der Waals surface area contributed by atoms with E-state index >= 15 is 0 Å². The summed E-state index contributed by atoms with van der Waals surface area (Å²) in [7, 11) is -3.40. The minimum Gasteiger partial charge on any atom is -0.468 e. The van der Waals surface area contributed by atoms with E-state index in [2.05, 4.69) is 10.8 Å². The van der Waals surface area contributed by atoms with Crippen LogP contribution in [0.1, 0.15) is 12.8 Å². The summed E-state index contributed by atoms with van der Waals surface area (Å²) in [6.07, 6.45) is 10.4. The van der Waals surface area contributed by atoms with E-state index in [1.807, 2.05) is 42.5 Å². The number of sulfonamides is 1. The summed E-state index contributed by atoms with van der Waals surface area (Å²) in [4.78, 5) is 0. The molecule has 2 aliphatic rings. The zero-order chi connectivity index (χ0) is 14.9. The monoisotopic (exact) mass is 303 g/mol. The Balaban J connectivity index is 1.93. The largest absolute Gasteiger partial charge is 0.468 e. The molecule has 1 N–H and O–H groups in total. The van der Waals surface area contributed by atoms with Gasteiger partial charge in [0.15, 0.2) is 5.72 Å². The summed E-state index contributed by atoms with van der Waals surface area (Å²) in [5, 5.41) is 0. The highest BCUT2D eigenvalue weighted by atomic mass is 32.2. The van der Waals surface area contributed by atoms with Gasteiger partial charge in [-0.3, -0.25) is 0 Å². The van der Waals surface area contributed by atoms with E-state index in [4.69, 9.17) is 4.74 Å². The Bertz CT molecular complexity index is 732. The molecular weight excluding hydrogens is 286 g/mol. The summed E-state index contributed by atoms with van der Waals surface area (Å²) in [6, 6.07) is 9.23. The van der Waals surface area contributed by atoms with Crippen molar-refractivity contribution in [1.29, 1.82) is 0 Å². The molecule has 1 aromatic carbocycles. The molecule has 0 aliphatic heterocycles. The van der Waals surface area contributed by atoms with E-state index in [1.165, 1.54) is 5.57 Å². The van der Waals surface area contributed by atoms with Crippen LogP contribution in [0.3, 0.4) is 0 Å². The van der Waals surface area contributed by atoms with Gasteiger partial charge in [0.1, 0.15) is 5.75 Å². The van der Waals surface area contributed by atoms with E-state index in [1.54, 1.807) is 6.08 Å². The fourth-order valence-corrected chi connectivity index (χ4v) is 3.47. The maximum Gasteiger partial charge on any atom is 0.212 e. The van der Waals surface area contributed by atoms with Crippen LogP contribution in [0.4, 0.5) is 0 Å². The van der Waals surface area contributed by atoms with Crippen molar-refractivity contribution in [2.45, 2.75) is 18.6 Å². The van der Waals surface area contributed by atoms with Crippen LogP contribution in [-0.4, -0.2) is 20.4 Å². The predicted octanol–water partition coefficient (Wildman–Crippen LogP) is 2.53. The third-order valence-corrected chi connectivity index (χ3v) is 4.19. The number of hydrogen-bond donors (Lipinski definition) is 1. The van der Waals surface area contributed by atoms with Gasteiger partial charge in [0.2, 0.25) is 10.0 Å². The second kappa shape index (κ2) is 5.16. The SMILES string of the molecule is CS(=O)(=O)NC1(Oc2ccccc2)C=CC2=C(C=CC2)C1. The van der Waals surface area contributed by atoms with Gasteiger partial charge in [0, 0.05) is 6.42 Å². The number of rotatable bonds is 4. The molecule has 0 bridgehead atoms. The fraction of sp³-hybridized carbons (Fsp3) is 0.250. The molecule has 0 fully saturated rings. The van der Waals surface area contributed by atoms with Crippen molar-refractivity contribution >= 4 is 10.0 Å². The first-order valence-corrected chi connectivity index (χ1v) is 8.66. The molecule has 4 nitrogen and oxygen atoms in total. The molecule has 0 radical (unpaired) electrons. The number of benzene rings is 1. The van der Waals surface area contributed by atoms with Gasteiger partial charge in [-0.1, -0.05) is 36.4 Å². The first-order chi connectivity index (χ1) is 9.96. The van der Waals surface area contributed by atoms with Crippen molar-refractivity contribution in [1.82, 2.24) is 4.72 Å². The maximum atomic E-state index is 11.7. The van der Waals surface area contributed by atoms with Gasteiger partial charge in [-0.25, -0.2) is 8.42 Å². The van der Waals surface area contributed by atoms with Crippen LogP contribution >= 0.6 is 0 Å². The highest BCUT2D eigenvalue weighted by Gasteiger charge is 2.37. The van der Waals surface area contributed by atoms with Crippen molar-refractivity contribution < 1.29 is 13.2 Å². The predicted molar refractivity (Wildman–Crippen MR) is 82.3 cm³/mol. The topological polar surface area (TPSA) is 55.4 Å². The molecule has 110 valence electrons. The average Bonchev–Trinajstić information content (AvgIpc) is 2.84. The van der Waals surface area contributed by atoms with Crippen LogP contribution in [0, 0.1) is 0 Å².